The topological polar surface area (TPSA) is 94.3 Å². The van der Waals surface area contributed by atoms with Crippen molar-refractivity contribution in [2.24, 2.45) is 10.2 Å². The first kappa shape index (κ1) is 14.3. The van der Waals surface area contributed by atoms with Crippen LogP contribution in [0.3, 0.4) is 0 Å². The lowest BCUT2D eigenvalue weighted by Gasteiger charge is -1.98. The number of aromatic hydroxyl groups is 2. The summed E-state index contributed by atoms with van der Waals surface area (Å²) in [5.74, 6) is -0.502. The summed E-state index contributed by atoms with van der Waals surface area (Å²) in [6, 6.07) is 9.48. The number of phenols is 2. The summed E-state index contributed by atoms with van der Waals surface area (Å²) in [6.45, 7) is 0. The molecule has 1 amide bonds. The number of carbonyl (C=O) groups is 1. The van der Waals surface area contributed by atoms with Crippen molar-refractivity contribution >= 4 is 39.5 Å². The van der Waals surface area contributed by atoms with Crippen LogP contribution in [-0.2, 0) is 4.79 Å². The van der Waals surface area contributed by atoms with Crippen molar-refractivity contribution in [1.29, 1.82) is 0 Å². The van der Waals surface area contributed by atoms with Crippen molar-refractivity contribution in [2.75, 3.05) is 5.32 Å². The second-order valence-corrected chi connectivity index (χ2v) is 5.50. The SMILES string of the molecule is O=C1Nc2ccc(Br)cc2C1=N/N=C\c1ccc(O)cc1O. The van der Waals surface area contributed by atoms with Gasteiger partial charge in [0.05, 0.1) is 11.9 Å². The van der Waals surface area contributed by atoms with Crippen molar-refractivity contribution in [3.05, 3.63) is 52.0 Å². The van der Waals surface area contributed by atoms with E-state index in [4.69, 9.17) is 0 Å². The van der Waals surface area contributed by atoms with Crippen molar-refractivity contribution in [3.8, 4) is 11.5 Å². The van der Waals surface area contributed by atoms with Crippen LogP contribution >= 0.6 is 15.9 Å². The van der Waals surface area contributed by atoms with Gasteiger partial charge in [0.2, 0.25) is 0 Å². The van der Waals surface area contributed by atoms with Gasteiger partial charge in [-0.05, 0) is 30.3 Å². The summed E-state index contributed by atoms with van der Waals surface area (Å²) >= 11 is 3.34. The Morgan fingerprint density at radius 3 is 2.73 bits per heavy atom. The van der Waals surface area contributed by atoms with Crippen molar-refractivity contribution in [3.63, 3.8) is 0 Å². The molecule has 0 bridgehead atoms. The minimum absolute atomic E-state index is 0.0464. The number of benzene rings is 2. The van der Waals surface area contributed by atoms with E-state index in [2.05, 4.69) is 31.4 Å². The molecule has 22 heavy (non-hydrogen) atoms. The quantitative estimate of drug-likeness (QED) is 0.568. The van der Waals surface area contributed by atoms with Gasteiger partial charge < -0.3 is 15.5 Å². The van der Waals surface area contributed by atoms with Crippen LogP contribution < -0.4 is 5.32 Å². The normalized spacial score (nSPS) is 15.3. The number of fused-ring (bicyclic) bond motifs is 1. The molecular formula is C15H10BrN3O3. The van der Waals surface area contributed by atoms with E-state index in [0.29, 0.717) is 16.8 Å². The summed E-state index contributed by atoms with van der Waals surface area (Å²) in [4.78, 5) is 11.9. The summed E-state index contributed by atoms with van der Waals surface area (Å²) in [5, 5.41) is 29.3. The van der Waals surface area contributed by atoms with Gasteiger partial charge in [0.15, 0.2) is 5.71 Å². The third-order valence-corrected chi connectivity index (χ3v) is 3.56. The van der Waals surface area contributed by atoms with Crippen LogP contribution in [-0.4, -0.2) is 28.0 Å². The molecule has 0 saturated heterocycles. The monoisotopic (exact) mass is 359 g/mol. The number of rotatable bonds is 2. The molecule has 2 aromatic rings. The molecule has 0 aromatic heterocycles. The largest absolute Gasteiger partial charge is 0.508 e. The van der Waals surface area contributed by atoms with Gasteiger partial charge in [0.1, 0.15) is 11.5 Å². The summed E-state index contributed by atoms with van der Waals surface area (Å²) in [5.41, 5.74) is 1.92. The zero-order chi connectivity index (χ0) is 15.7. The highest BCUT2D eigenvalue weighted by atomic mass is 79.9. The zero-order valence-electron chi connectivity index (χ0n) is 11.1. The Morgan fingerprint density at radius 2 is 1.95 bits per heavy atom. The smallest absolute Gasteiger partial charge is 0.276 e. The van der Waals surface area contributed by atoms with E-state index < -0.39 is 0 Å². The highest BCUT2D eigenvalue weighted by Crippen LogP contribution is 2.27. The molecule has 7 heteroatoms. The first-order valence-electron chi connectivity index (χ1n) is 6.29. The number of hydrogen-bond acceptors (Lipinski definition) is 5. The number of nitrogens with zero attached hydrogens (tertiary/aromatic N) is 2. The van der Waals surface area contributed by atoms with Crippen LogP contribution in [0, 0.1) is 0 Å². The van der Waals surface area contributed by atoms with E-state index in [1.807, 2.05) is 6.07 Å². The number of phenolic OH excluding ortho intramolecular Hbond substituents is 2. The minimum atomic E-state index is -0.333. The predicted octanol–water partition coefficient (Wildman–Crippen LogP) is 2.64. The van der Waals surface area contributed by atoms with Crippen LogP contribution in [0.15, 0.2) is 51.1 Å². The first-order chi connectivity index (χ1) is 10.5. The second kappa shape index (κ2) is 5.61. The van der Waals surface area contributed by atoms with Crippen molar-refractivity contribution in [2.45, 2.75) is 0 Å². The number of nitrogens with one attached hydrogen (secondary N) is 1. The van der Waals surface area contributed by atoms with E-state index in [1.54, 1.807) is 12.1 Å². The Balaban J connectivity index is 1.91. The Bertz CT molecular complexity index is 831. The Morgan fingerprint density at radius 1 is 1.14 bits per heavy atom. The van der Waals surface area contributed by atoms with Crippen molar-refractivity contribution < 1.29 is 15.0 Å². The maximum atomic E-state index is 11.9. The highest BCUT2D eigenvalue weighted by Gasteiger charge is 2.26. The molecule has 0 atom stereocenters. The molecule has 0 aliphatic carbocycles. The molecule has 0 spiro atoms. The number of amides is 1. The molecule has 6 nitrogen and oxygen atoms in total. The number of carbonyl (C=O) groups excluding carboxylic acids is 1. The summed E-state index contributed by atoms with van der Waals surface area (Å²) in [7, 11) is 0. The van der Waals surface area contributed by atoms with Gasteiger partial charge in [0.25, 0.3) is 5.91 Å². The molecule has 2 aromatic carbocycles. The number of hydrogen-bond donors (Lipinski definition) is 3. The fourth-order valence-electron chi connectivity index (χ4n) is 2.01. The van der Waals surface area contributed by atoms with Gasteiger partial charge in [-0.15, -0.1) is 5.10 Å². The van der Waals surface area contributed by atoms with Crippen LogP contribution in [0.4, 0.5) is 5.69 Å². The Hall–Kier alpha value is -2.67. The molecule has 0 fully saturated rings. The van der Waals surface area contributed by atoms with E-state index in [0.717, 1.165) is 4.47 Å². The van der Waals surface area contributed by atoms with Gasteiger partial charge in [-0.25, -0.2) is 0 Å². The molecular weight excluding hydrogens is 350 g/mol. The third kappa shape index (κ3) is 2.71. The molecule has 110 valence electrons. The average Bonchev–Trinajstić information content (AvgIpc) is 2.77. The molecule has 3 N–H and O–H groups in total. The minimum Gasteiger partial charge on any atom is -0.508 e. The third-order valence-electron chi connectivity index (χ3n) is 3.07. The average molecular weight is 360 g/mol. The zero-order valence-corrected chi connectivity index (χ0v) is 12.7. The molecule has 3 rings (SSSR count). The maximum Gasteiger partial charge on any atom is 0.276 e. The van der Waals surface area contributed by atoms with E-state index >= 15 is 0 Å². The van der Waals surface area contributed by atoms with Crippen molar-refractivity contribution in [1.82, 2.24) is 0 Å². The van der Waals surface area contributed by atoms with Crippen LogP contribution in [0.2, 0.25) is 0 Å². The van der Waals surface area contributed by atoms with E-state index in [-0.39, 0.29) is 23.1 Å². The molecule has 1 heterocycles. The number of halogens is 1. The fourth-order valence-corrected chi connectivity index (χ4v) is 2.38. The summed E-state index contributed by atoms with van der Waals surface area (Å²) in [6.07, 6.45) is 1.31. The molecule has 0 radical (unpaired) electrons. The molecule has 1 aliphatic rings. The lowest BCUT2D eigenvalue weighted by atomic mass is 10.1. The maximum absolute atomic E-state index is 11.9. The standard InChI is InChI=1S/C15H10BrN3O3/c16-9-2-4-12-11(5-9)14(15(22)18-12)19-17-7-8-1-3-10(20)6-13(8)21/h1-7,20-21H,(H,18,19,22)/b17-7-. The van der Waals surface area contributed by atoms with Crippen LogP contribution in [0.1, 0.15) is 11.1 Å². The van der Waals surface area contributed by atoms with Gasteiger partial charge in [-0.3, -0.25) is 4.79 Å². The van der Waals surface area contributed by atoms with Gasteiger partial charge in [0, 0.05) is 21.7 Å². The second-order valence-electron chi connectivity index (χ2n) is 4.58. The Kier molecular flexibility index (Phi) is 3.64. The highest BCUT2D eigenvalue weighted by molar-refractivity contribution is 9.10. The van der Waals surface area contributed by atoms with Gasteiger partial charge in [-0.2, -0.15) is 5.10 Å². The Labute approximate surface area is 134 Å². The lowest BCUT2D eigenvalue weighted by molar-refractivity contribution is -0.110. The lowest BCUT2D eigenvalue weighted by Crippen LogP contribution is -2.13. The van der Waals surface area contributed by atoms with E-state index in [1.165, 1.54) is 24.4 Å². The van der Waals surface area contributed by atoms with Gasteiger partial charge in [-0.1, -0.05) is 15.9 Å². The molecule has 0 saturated carbocycles. The molecule has 0 unspecified atom stereocenters. The number of anilines is 1. The predicted molar refractivity (Wildman–Crippen MR) is 86.7 cm³/mol. The summed E-state index contributed by atoms with van der Waals surface area (Å²) < 4.78 is 0.829. The van der Waals surface area contributed by atoms with Gasteiger partial charge >= 0.3 is 0 Å². The fraction of sp³-hybridized carbons (Fsp3) is 0. The van der Waals surface area contributed by atoms with E-state index in [9.17, 15) is 15.0 Å². The van der Waals surface area contributed by atoms with Crippen LogP contribution in [0.25, 0.3) is 0 Å². The molecule has 1 aliphatic heterocycles. The first-order valence-corrected chi connectivity index (χ1v) is 7.08. The van der Waals surface area contributed by atoms with Crippen LogP contribution in [0.5, 0.6) is 11.5 Å².